The number of hydrogen-bond donors (Lipinski definition) is 2. The van der Waals surface area contributed by atoms with Crippen LogP contribution in [-0.2, 0) is 6.42 Å². The van der Waals surface area contributed by atoms with Gasteiger partial charge in [0.15, 0.2) is 0 Å². The molecule has 3 heteroatoms. The quantitative estimate of drug-likeness (QED) is 0.793. The number of hydrogen-bond acceptors (Lipinski definition) is 2. The Bertz CT molecular complexity index is 332. The van der Waals surface area contributed by atoms with E-state index in [2.05, 4.69) is 12.2 Å². The van der Waals surface area contributed by atoms with E-state index in [4.69, 9.17) is 5.73 Å². The number of aryl methyl sites for hydroxylation is 1. The average molecular weight is 220 g/mol. The van der Waals surface area contributed by atoms with Gasteiger partial charge in [-0.2, -0.15) is 0 Å². The van der Waals surface area contributed by atoms with Gasteiger partial charge >= 0.3 is 0 Å². The van der Waals surface area contributed by atoms with Crippen molar-refractivity contribution in [1.82, 2.24) is 5.32 Å². The third-order valence-electron chi connectivity index (χ3n) is 2.67. The van der Waals surface area contributed by atoms with Crippen molar-refractivity contribution in [2.24, 2.45) is 5.73 Å². The molecule has 0 aliphatic carbocycles. The highest BCUT2D eigenvalue weighted by atomic mass is 16.1. The van der Waals surface area contributed by atoms with Crippen molar-refractivity contribution < 1.29 is 4.79 Å². The first-order valence-corrected chi connectivity index (χ1v) is 5.80. The molecule has 1 aromatic rings. The van der Waals surface area contributed by atoms with E-state index in [0.29, 0.717) is 12.1 Å². The second-order valence-corrected chi connectivity index (χ2v) is 3.93. The largest absolute Gasteiger partial charge is 0.350 e. The Kier molecular flexibility index (Phi) is 4.99. The van der Waals surface area contributed by atoms with Crippen LogP contribution in [0.25, 0.3) is 0 Å². The highest BCUT2D eigenvalue weighted by Crippen LogP contribution is 2.04. The highest BCUT2D eigenvalue weighted by molar-refractivity contribution is 5.94. The lowest BCUT2D eigenvalue weighted by atomic mass is 10.1. The van der Waals surface area contributed by atoms with Crippen LogP contribution >= 0.6 is 0 Å². The zero-order valence-electron chi connectivity index (χ0n) is 9.99. The minimum Gasteiger partial charge on any atom is -0.350 e. The normalized spacial score (nSPS) is 12.2. The standard InChI is InChI=1S/C13H20N2O/c1-3-10-5-7-11(8-6-10)13(16)15-9-12(14)4-2/h5-8,12H,3-4,9,14H2,1-2H3,(H,15,16). The molecule has 0 radical (unpaired) electrons. The fourth-order valence-electron chi connectivity index (χ4n) is 1.36. The molecule has 1 aromatic carbocycles. The highest BCUT2D eigenvalue weighted by Gasteiger charge is 2.06. The van der Waals surface area contributed by atoms with E-state index in [1.54, 1.807) is 0 Å². The summed E-state index contributed by atoms with van der Waals surface area (Å²) in [7, 11) is 0. The van der Waals surface area contributed by atoms with Crippen LogP contribution in [0.4, 0.5) is 0 Å². The Morgan fingerprint density at radius 2 is 1.94 bits per heavy atom. The topological polar surface area (TPSA) is 55.1 Å². The fourth-order valence-corrected chi connectivity index (χ4v) is 1.36. The SMILES string of the molecule is CCc1ccc(C(=O)NCC(N)CC)cc1. The fraction of sp³-hybridized carbons (Fsp3) is 0.462. The third kappa shape index (κ3) is 3.66. The summed E-state index contributed by atoms with van der Waals surface area (Å²) in [6.07, 6.45) is 1.86. The molecule has 0 fully saturated rings. The molecule has 1 atom stereocenters. The second-order valence-electron chi connectivity index (χ2n) is 3.93. The molecule has 0 aromatic heterocycles. The Balaban J connectivity index is 2.52. The van der Waals surface area contributed by atoms with Gasteiger partial charge in [-0.15, -0.1) is 0 Å². The molecule has 1 unspecified atom stereocenters. The van der Waals surface area contributed by atoms with Crippen molar-refractivity contribution in [3.8, 4) is 0 Å². The third-order valence-corrected chi connectivity index (χ3v) is 2.67. The number of nitrogens with two attached hydrogens (primary N) is 1. The van der Waals surface area contributed by atoms with Crippen molar-refractivity contribution >= 4 is 5.91 Å². The number of amides is 1. The van der Waals surface area contributed by atoms with Crippen molar-refractivity contribution in [3.63, 3.8) is 0 Å². The van der Waals surface area contributed by atoms with E-state index in [0.717, 1.165) is 12.8 Å². The lowest BCUT2D eigenvalue weighted by Crippen LogP contribution is -2.36. The van der Waals surface area contributed by atoms with E-state index in [1.165, 1.54) is 5.56 Å². The molecular formula is C13H20N2O. The summed E-state index contributed by atoms with van der Waals surface area (Å²) < 4.78 is 0. The predicted molar refractivity (Wildman–Crippen MR) is 66.4 cm³/mol. The number of benzene rings is 1. The van der Waals surface area contributed by atoms with Gasteiger partial charge in [-0.3, -0.25) is 4.79 Å². The van der Waals surface area contributed by atoms with Gasteiger partial charge in [-0.1, -0.05) is 26.0 Å². The molecule has 1 amide bonds. The number of nitrogens with one attached hydrogen (secondary N) is 1. The van der Waals surface area contributed by atoms with Gasteiger partial charge in [0.25, 0.3) is 5.91 Å². The predicted octanol–water partition coefficient (Wildman–Crippen LogP) is 1.72. The second kappa shape index (κ2) is 6.28. The van der Waals surface area contributed by atoms with E-state index in [-0.39, 0.29) is 11.9 Å². The molecule has 1 rings (SSSR count). The first-order valence-electron chi connectivity index (χ1n) is 5.80. The summed E-state index contributed by atoms with van der Waals surface area (Å²) in [6.45, 7) is 4.63. The van der Waals surface area contributed by atoms with Gasteiger partial charge in [0.1, 0.15) is 0 Å². The summed E-state index contributed by atoms with van der Waals surface area (Å²) in [5, 5.41) is 2.82. The molecule has 0 aliphatic rings. The molecule has 3 nitrogen and oxygen atoms in total. The summed E-state index contributed by atoms with van der Waals surface area (Å²) in [5.41, 5.74) is 7.66. The molecule has 0 aliphatic heterocycles. The van der Waals surface area contributed by atoms with Crippen LogP contribution < -0.4 is 11.1 Å². The van der Waals surface area contributed by atoms with Crippen LogP contribution in [0.3, 0.4) is 0 Å². The molecule has 0 heterocycles. The molecule has 88 valence electrons. The Labute approximate surface area is 97.0 Å². The van der Waals surface area contributed by atoms with Crippen LogP contribution in [-0.4, -0.2) is 18.5 Å². The minimum atomic E-state index is -0.0495. The first-order chi connectivity index (χ1) is 7.67. The molecule has 0 bridgehead atoms. The Morgan fingerprint density at radius 1 is 1.31 bits per heavy atom. The van der Waals surface area contributed by atoms with Crippen LogP contribution in [0, 0.1) is 0 Å². The van der Waals surface area contributed by atoms with Crippen LogP contribution in [0.2, 0.25) is 0 Å². The lowest BCUT2D eigenvalue weighted by Gasteiger charge is -2.10. The van der Waals surface area contributed by atoms with E-state index in [9.17, 15) is 4.79 Å². The van der Waals surface area contributed by atoms with Crippen LogP contribution in [0.1, 0.15) is 36.2 Å². The monoisotopic (exact) mass is 220 g/mol. The van der Waals surface area contributed by atoms with Crippen molar-refractivity contribution in [3.05, 3.63) is 35.4 Å². The molecule has 3 N–H and O–H groups in total. The summed E-state index contributed by atoms with van der Waals surface area (Å²) in [6, 6.07) is 7.71. The average Bonchev–Trinajstić information content (AvgIpc) is 2.35. The smallest absolute Gasteiger partial charge is 0.251 e. The van der Waals surface area contributed by atoms with Crippen LogP contribution in [0.15, 0.2) is 24.3 Å². The van der Waals surface area contributed by atoms with E-state index >= 15 is 0 Å². The van der Waals surface area contributed by atoms with Crippen molar-refractivity contribution in [2.75, 3.05) is 6.54 Å². The van der Waals surface area contributed by atoms with Crippen LogP contribution in [0.5, 0.6) is 0 Å². The summed E-state index contributed by atoms with van der Waals surface area (Å²) in [5.74, 6) is -0.0495. The maximum atomic E-state index is 11.7. The van der Waals surface area contributed by atoms with Crippen molar-refractivity contribution in [1.29, 1.82) is 0 Å². The molecule has 0 spiro atoms. The Hall–Kier alpha value is -1.35. The first kappa shape index (κ1) is 12.7. The van der Waals surface area contributed by atoms with Gasteiger partial charge in [0, 0.05) is 18.2 Å². The summed E-state index contributed by atoms with van der Waals surface area (Å²) in [4.78, 5) is 11.7. The number of carbonyl (C=O) groups is 1. The van der Waals surface area contributed by atoms with Gasteiger partial charge in [-0.25, -0.2) is 0 Å². The molecule has 0 saturated carbocycles. The number of carbonyl (C=O) groups excluding carboxylic acids is 1. The lowest BCUT2D eigenvalue weighted by molar-refractivity contribution is 0.0951. The molecule has 0 saturated heterocycles. The minimum absolute atomic E-state index is 0.0406. The molecular weight excluding hydrogens is 200 g/mol. The summed E-state index contributed by atoms with van der Waals surface area (Å²) >= 11 is 0. The molecule has 16 heavy (non-hydrogen) atoms. The van der Waals surface area contributed by atoms with Gasteiger partial charge in [0.05, 0.1) is 0 Å². The van der Waals surface area contributed by atoms with Gasteiger partial charge < -0.3 is 11.1 Å². The zero-order valence-corrected chi connectivity index (χ0v) is 9.99. The van der Waals surface area contributed by atoms with E-state index < -0.39 is 0 Å². The maximum Gasteiger partial charge on any atom is 0.251 e. The van der Waals surface area contributed by atoms with Crippen molar-refractivity contribution in [2.45, 2.75) is 32.7 Å². The zero-order chi connectivity index (χ0) is 12.0. The van der Waals surface area contributed by atoms with E-state index in [1.807, 2.05) is 31.2 Å². The number of rotatable bonds is 5. The Morgan fingerprint density at radius 3 is 2.44 bits per heavy atom. The van der Waals surface area contributed by atoms with Gasteiger partial charge in [0.2, 0.25) is 0 Å². The van der Waals surface area contributed by atoms with Gasteiger partial charge in [-0.05, 0) is 30.5 Å². The maximum absolute atomic E-state index is 11.7.